The lowest BCUT2D eigenvalue weighted by Gasteiger charge is -2.22. The van der Waals surface area contributed by atoms with Crippen LogP contribution in [0.15, 0.2) is 23.3 Å². The van der Waals surface area contributed by atoms with Crippen LogP contribution in [0.4, 0.5) is 0 Å². The molecule has 1 aromatic heterocycles. The molecule has 0 aliphatic rings. The molecule has 7 nitrogen and oxygen atoms in total. The van der Waals surface area contributed by atoms with Crippen LogP contribution in [-0.2, 0) is 23.6 Å². The molecule has 0 atom stereocenters. The topological polar surface area (TPSA) is 78.7 Å². The third kappa shape index (κ3) is 6.95. The fourth-order valence-electron chi connectivity index (χ4n) is 1.97. The van der Waals surface area contributed by atoms with Crippen molar-refractivity contribution in [3.8, 4) is 0 Å². The van der Waals surface area contributed by atoms with Crippen LogP contribution < -0.4 is 10.0 Å². The average Bonchev–Trinajstić information content (AvgIpc) is 2.81. The second kappa shape index (κ2) is 8.79. The van der Waals surface area contributed by atoms with Crippen molar-refractivity contribution < 1.29 is 8.42 Å². The maximum atomic E-state index is 11.0. The number of hydrogen-bond acceptors (Lipinski definition) is 3. The molecule has 1 aromatic rings. The Kier molecular flexibility index (Phi) is 7.40. The fraction of sp³-hybridized carbons (Fsp3) is 0.643. The average molecular weight is 329 g/mol. The highest BCUT2D eigenvalue weighted by Crippen LogP contribution is 2.03. The van der Waals surface area contributed by atoms with Crippen molar-refractivity contribution in [2.45, 2.75) is 19.9 Å². The molecule has 0 amide bonds. The molecule has 1 heterocycles. The molecule has 0 aromatic carbocycles. The maximum Gasteiger partial charge on any atom is 0.208 e. The molecule has 126 valence electrons. The lowest BCUT2D eigenvalue weighted by atomic mass is 10.4. The standard InChI is InChI=1S/C14H27N5O2S/c1-5-15-14(16-9-7-10-17-22(4,20)21)19(3)12-13-8-6-11-18(13)2/h6,8,11,17H,5,7,9-10,12H2,1-4H3,(H,15,16). The van der Waals surface area contributed by atoms with E-state index in [4.69, 9.17) is 0 Å². The zero-order valence-corrected chi connectivity index (χ0v) is 14.7. The summed E-state index contributed by atoms with van der Waals surface area (Å²) in [6, 6.07) is 4.10. The highest BCUT2D eigenvalue weighted by atomic mass is 32.2. The molecular formula is C14H27N5O2S. The number of nitrogens with zero attached hydrogens (tertiary/aromatic N) is 3. The number of aliphatic imine (C=N–C) groups is 1. The van der Waals surface area contributed by atoms with E-state index in [0.29, 0.717) is 19.5 Å². The monoisotopic (exact) mass is 329 g/mol. The summed E-state index contributed by atoms with van der Waals surface area (Å²) in [6.45, 7) is 4.55. The van der Waals surface area contributed by atoms with Crippen LogP contribution in [0.5, 0.6) is 0 Å². The Morgan fingerprint density at radius 2 is 2.18 bits per heavy atom. The van der Waals surface area contributed by atoms with Gasteiger partial charge in [0, 0.05) is 45.6 Å². The third-order valence-electron chi connectivity index (χ3n) is 3.11. The number of aryl methyl sites for hydroxylation is 1. The van der Waals surface area contributed by atoms with Gasteiger partial charge >= 0.3 is 0 Å². The summed E-state index contributed by atoms with van der Waals surface area (Å²) >= 11 is 0. The van der Waals surface area contributed by atoms with Crippen LogP contribution in [-0.4, -0.2) is 56.8 Å². The highest BCUT2D eigenvalue weighted by molar-refractivity contribution is 7.88. The van der Waals surface area contributed by atoms with E-state index < -0.39 is 10.0 Å². The summed E-state index contributed by atoms with van der Waals surface area (Å²) in [5.74, 6) is 0.822. The van der Waals surface area contributed by atoms with E-state index in [2.05, 4.69) is 30.6 Å². The van der Waals surface area contributed by atoms with Crippen molar-refractivity contribution in [3.05, 3.63) is 24.0 Å². The van der Waals surface area contributed by atoms with Crippen molar-refractivity contribution in [2.24, 2.45) is 12.0 Å². The van der Waals surface area contributed by atoms with Crippen LogP contribution in [0.2, 0.25) is 0 Å². The van der Waals surface area contributed by atoms with Crippen molar-refractivity contribution >= 4 is 16.0 Å². The van der Waals surface area contributed by atoms with E-state index in [0.717, 1.165) is 25.3 Å². The first-order valence-corrected chi connectivity index (χ1v) is 9.27. The van der Waals surface area contributed by atoms with Crippen LogP contribution in [0, 0.1) is 0 Å². The van der Waals surface area contributed by atoms with Gasteiger partial charge in [-0.05, 0) is 25.5 Å². The van der Waals surface area contributed by atoms with E-state index in [9.17, 15) is 8.42 Å². The molecule has 0 aliphatic heterocycles. The van der Waals surface area contributed by atoms with Crippen molar-refractivity contribution in [2.75, 3.05) is 32.9 Å². The molecule has 0 unspecified atom stereocenters. The maximum absolute atomic E-state index is 11.0. The number of sulfonamides is 1. The van der Waals surface area contributed by atoms with Crippen LogP contribution in [0.25, 0.3) is 0 Å². The Morgan fingerprint density at radius 1 is 1.45 bits per heavy atom. The van der Waals surface area contributed by atoms with E-state index >= 15 is 0 Å². The largest absolute Gasteiger partial charge is 0.357 e. The van der Waals surface area contributed by atoms with Gasteiger partial charge in [-0.25, -0.2) is 13.1 Å². The first-order valence-electron chi connectivity index (χ1n) is 7.37. The number of hydrogen-bond donors (Lipinski definition) is 2. The van der Waals surface area contributed by atoms with E-state index in [1.807, 2.05) is 33.3 Å². The zero-order chi connectivity index (χ0) is 16.6. The number of aromatic nitrogens is 1. The predicted molar refractivity (Wildman–Crippen MR) is 90.3 cm³/mol. The van der Waals surface area contributed by atoms with Gasteiger partial charge in [0.05, 0.1) is 12.8 Å². The zero-order valence-electron chi connectivity index (χ0n) is 13.8. The molecule has 22 heavy (non-hydrogen) atoms. The van der Waals surface area contributed by atoms with Gasteiger partial charge in [-0.15, -0.1) is 0 Å². The lowest BCUT2D eigenvalue weighted by Crippen LogP contribution is -2.39. The molecule has 1 rings (SSSR count). The summed E-state index contributed by atoms with van der Waals surface area (Å²) in [6.07, 6.45) is 3.85. The number of rotatable bonds is 8. The Hall–Kier alpha value is -1.54. The normalized spacial score (nSPS) is 12.5. The van der Waals surface area contributed by atoms with Crippen LogP contribution in [0.3, 0.4) is 0 Å². The summed E-state index contributed by atoms with van der Waals surface area (Å²) in [5, 5.41) is 3.25. The van der Waals surface area contributed by atoms with Gasteiger partial charge in [-0.2, -0.15) is 0 Å². The minimum Gasteiger partial charge on any atom is -0.357 e. The molecule has 0 spiro atoms. The van der Waals surface area contributed by atoms with Gasteiger partial charge in [0.2, 0.25) is 10.0 Å². The quantitative estimate of drug-likeness (QED) is 0.410. The Bertz CT molecular complexity index is 580. The molecular weight excluding hydrogens is 302 g/mol. The van der Waals surface area contributed by atoms with E-state index in [-0.39, 0.29) is 0 Å². The fourth-order valence-corrected chi connectivity index (χ4v) is 2.49. The lowest BCUT2D eigenvalue weighted by molar-refractivity contribution is 0.461. The SMILES string of the molecule is CCNC(=NCCCNS(C)(=O)=O)N(C)Cc1cccn1C. The second-order valence-electron chi connectivity index (χ2n) is 5.22. The van der Waals surface area contributed by atoms with Gasteiger partial charge in [0.1, 0.15) is 0 Å². The first-order chi connectivity index (χ1) is 10.3. The number of guanidine groups is 1. The molecule has 0 fully saturated rings. The summed E-state index contributed by atoms with van der Waals surface area (Å²) < 4.78 is 26.5. The third-order valence-corrected chi connectivity index (χ3v) is 3.84. The van der Waals surface area contributed by atoms with Gasteiger partial charge in [-0.3, -0.25) is 4.99 Å². The van der Waals surface area contributed by atoms with E-state index in [1.165, 1.54) is 5.69 Å². The Morgan fingerprint density at radius 3 is 2.73 bits per heavy atom. The predicted octanol–water partition coefficient (Wildman–Crippen LogP) is 0.362. The summed E-state index contributed by atoms with van der Waals surface area (Å²) in [7, 11) is 0.890. The number of nitrogens with one attached hydrogen (secondary N) is 2. The minimum atomic E-state index is -3.12. The van der Waals surface area contributed by atoms with Gasteiger partial charge in [0.15, 0.2) is 5.96 Å². The van der Waals surface area contributed by atoms with Crippen LogP contribution in [0.1, 0.15) is 19.0 Å². The molecule has 0 radical (unpaired) electrons. The summed E-state index contributed by atoms with van der Waals surface area (Å²) in [5.41, 5.74) is 1.20. The Balaban J connectivity index is 2.52. The molecule has 0 aliphatic carbocycles. The molecule has 0 saturated heterocycles. The van der Waals surface area contributed by atoms with Crippen molar-refractivity contribution in [1.29, 1.82) is 0 Å². The molecule has 8 heteroatoms. The summed E-state index contributed by atoms with van der Waals surface area (Å²) in [4.78, 5) is 6.59. The Labute approximate surface area is 133 Å². The molecule has 2 N–H and O–H groups in total. The smallest absolute Gasteiger partial charge is 0.208 e. The van der Waals surface area contributed by atoms with Crippen LogP contribution >= 0.6 is 0 Å². The molecule has 0 saturated carbocycles. The minimum absolute atomic E-state index is 0.406. The van der Waals surface area contributed by atoms with Gasteiger partial charge in [-0.1, -0.05) is 0 Å². The van der Waals surface area contributed by atoms with Gasteiger partial charge in [0.25, 0.3) is 0 Å². The first kappa shape index (κ1) is 18.5. The second-order valence-corrected chi connectivity index (χ2v) is 7.06. The van der Waals surface area contributed by atoms with Gasteiger partial charge < -0.3 is 14.8 Å². The van der Waals surface area contributed by atoms with Crippen molar-refractivity contribution in [1.82, 2.24) is 19.5 Å². The molecule has 0 bridgehead atoms. The van der Waals surface area contributed by atoms with E-state index in [1.54, 1.807) is 0 Å². The highest BCUT2D eigenvalue weighted by Gasteiger charge is 2.08. The van der Waals surface area contributed by atoms with Crippen molar-refractivity contribution in [3.63, 3.8) is 0 Å².